The minimum absolute atomic E-state index is 0.538. The Balaban J connectivity index is 1.21. The molecule has 38 heavy (non-hydrogen) atoms. The first kappa shape index (κ1) is 23.7. The van der Waals surface area contributed by atoms with Gasteiger partial charge in [-0.3, -0.25) is 4.79 Å². The van der Waals surface area contributed by atoms with E-state index in [0.717, 1.165) is 50.7 Å². The molecular weight excluding hydrogens is 476 g/mol. The highest BCUT2D eigenvalue weighted by atomic mass is 16.5. The molecule has 6 nitrogen and oxygen atoms in total. The average molecular weight is 503 g/mol. The van der Waals surface area contributed by atoms with Gasteiger partial charge in [-0.15, -0.1) is 0 Å². The molecule has 5 aromatic rings. The highest BCUT2D eigenvalue weighted by Gasteiger charge is 2.51. The topological polar surface area (TPSA) is 85.5 Å². The lowest BCUT2D eigenvalue weighted by Crippen LogP contribution is -2.19. The van der Waals surface area contributed by atoms with Crippen LogP contribution >= 0.6 is 0 Å². The van der Waals surface area contributed by atoms with Gasteiger partial charge in [0.25, 0.3) is 0 Å². The molecule has 1 N–H and O–H groups in total. The fraction of sp³-hybridized carbons (Fsp3) is 0.156. The molecular formula is C32H26N2O4. The fourth-order valence-electron chi connectivity index (χ4n) is 4.77. The Bertz CT molecular complexity index is 1590. The fourth-order valence-corrected chi connectivity index (χ4v) is 4.77. The van der Waals surface area contributed by atoms with Crippen LogP contribution in [0.3, 0.4) is 0 Å². The van der Waals surface area contributed by atoms with Crippen LogP contribution < -0.4 is 4.74 Å². The Morgan fingerprint density at radius 1 is 0.868 bits per heavy atom. The van der Waals surface area contributed by atoms with Gasteiger partial charge in [-0.05, 0) is 54.7 Å². The van der Waals surface area contributed by atoms with Crippen molar-refractivity contribution in [3.05, 3.63) is 120 Å². The molecule has 2 heterocycles. The average Bonchev–Trinajstić information content (AvgIpc) is 3.69. The van der Waals surface area contributed by atoms with E-state index in [0.29, 0.717) is 25.1 Å². The standard InChI is InChI=1S/C32H26N2O4/c1-21-28(20-26-6-5-9-29(33-26)37-27-7-3-2-4-8-27)30(38-34-21)24-12-10-22(11-13-24)23-14-16-25(17-15-23)32(18-19-32)31(35)36/h2-17H,18-20H2,1H3,(H,35,36). The van der Waals surface area contributed by atoms with Crippen LogP contribution in [-0.2, 0) is 16.6 Å². The molecule has 1 aliphatic rings. The molecule has 0 bridgehead atoms. The molecule has 188 valence electrons. The number of aryl methyl sites for hydroxylation is 1. The van der Waals surface area contributed by atoms with Crippen LogP contribution in [-0.4, -0.2) is 21.2 Å². The molecule has 0 amide bonds. The number of ether oxygens (including phenoxy) is 1. The summed E-state index contributed by atoms with van der Waals surface area (Å²) in [5.41, 5.74) is 5.86. The summed E-state index contributed by atoms with van der Waals surface area (Å²) in [6.45, 7) is 1.94. The minimum Gasteiger partial charge on any atom is -0.481 e. The van der Waals surface area contributed by atoms with Gasteiger partial charge in [0, 0.05) is 29.3 Å². The maximum absolute atomic E-state index is 11.6. The number of hydrogen-bond acceptors (Lipinski definition) is 5. The second-order valence-electron chi connectivity index (χ2n) is 9.68. The number of rotatable bonds is 8. The number of benzene rings is 3. The molecule has 1 aliphatic carbocycles. The molecule has 3 aromatic carbocycles. The second-order valence-corrected chi connectivity index (χ2v) is 9.68. The van der Waals surface area contributed by atoms with Gasteiger partial charge in [0.15, 0.2) is 5.76 Å². The van der Waals surface area contributed by atoms with E-state index in [2.05, 4.69) is 10.1 Å². The van der Waals surface area contributed by atoms with Crippen molar-refractivity contribution in [2.24, 2.45) is 0 Å². The normalized spacial score (nSPS) is 13.7. The van der Waals surface area contributed by atoms with E-state index in [1.165, 1.54) is 0 Å². The Labute approximate surface area is 220 Å². The first-order chi connectivity index (χ1) is 18.5. The smallest absolute Gasteiger partial charge is 0.314 e. The summed E-state index contributed by atoms with van der Waals surface area (Å²) in [6.07, 6.45) is 1.97. The third-order valence-corrected chi connectivity index (χ3v) is 7.17. The lowest BCUT2D eigenvalue weighted by Gasteiger charge is -2.11. The molecule has 2 aromatic heterocycles. The highest BCUT2D eigenvalue weighted by Crippen LogP contribution is 2.48. The van der Waals surface area contributed by atoms with Gasteiger partial charge in [0.05, 0.1) is 11.1 Å². The zero-order valence-electron chi connectivity index (χ0n) is 20.9. The minimum atomic E-state index is -0.738. The van der Waals surface area contributed by atoms with Gasteiger partial charge < -0.3 is 14.4 Å². The van der Waals surface area contributed by atoms with Crippen LogP contribution in [0.25, 0.3) is 22.5 Å². The van der Waals surface area contributed by atoms with Gasteiger partial charge in [-0.25, -0.2) is 4.98 Å². The summed E-state index contributed by atoms with van der Waals surface area (Å²) < 4.78 is 11.6. The number of hydrogen-bond donors (Lipinski definition) is 1. The summed E-state index contributed by atoms with van der Waals surface area (Å²) in [6, 6.07) is 31.3. The molecule has 0 radical (unpaired) electrons. The van der Waals surface area contributed by atoms with Crippen LogP contribution in [0.2, 0.25) is 0 Å². The first-order valence-electron chi connectivity index (χ1n) is 12.6. The van der Waals surface area contributed by atoms with E-state index in [1.54, 1.807) is 0 Å². The summed E-state index contributed by atoms with van der Waals surface area (Å²) in [4.78, 5) is 16.3. The number of carbonyl (C=O) groups is 1. The quantitative estimate of drug-likeness (QED) is 0.241. The number of aromatic nitrogens is 2. The molecule has 6 heteroatoms. The predicted molar refractivity (Wildman–Crippen MR) is 144 cm³/mol. The largest absolute Gasteiger partial charge is 0.481 e. The lowest BCUT2D eigenvalue weighted by molar-refractivity contribution is -0.140. The van der Waals surface area contributed by atoms with Crippen LogP contribution in [0, 0.1) is 6.92 Å². The van der Waals surface area contributed by atoms with Crippen molar-refractivity contribution >= 4 is 5.97 Å². The van der Waals surface area contributed by atoms with Gasteiger partial charge in [0.2, 0.25) is 5.88 Å². The summed E-state index contributed by atoms with van der Waals surface area (Å²) in [5.74, 6) is 1.26. The Morgan fingerprint density at radius 3 is 2.18 bits per heavy atom. The molecule has 6 rings (SSSR count). The SMILES string of the molecule is Cc1noc(-c2ccc(-c3ccc(C4(C(=O)O)CC4)cc3)cc2)c1Cc1cccc(Oc2ccccc2)n1. The van der Waals surface area contributed by atoms with E-state index in [1.807, 2.05) is 104 Å². The van der Waals surface area contributed by atoms with Crippen LogP contribution in [0.1, 0.15) is 35.4 Å². The first-order valence-corrected chi connectivity index (χ1v) is 12.6. The Morgan fingerprint density at radius 2 is 1.53 bits per heavy atom. The summed E-state index contributed by atoms with van der Waals surface area (Å²) in [7, 11) is 0. The van der Waals surface area contributed by atoms with Crippen LogP contribution in [0.15, 0.2) is 102 Å². The number of nitrogens with zero attached hydrogens (tertiary/aromatic N) is 2. The Hall–Kier alpha value is -4.71. The van der Waals surface area contributed by atoms with Gasteiger partial charge >= 0.3 is 5.97 Å². The number of carboxylic acids is 1. The third kappa shape index (κ3) is 4.57. The monoisotopic (exact) mass is 502 g/mol. The van der Waals surface area contributed by atoms with E-state index in [9.17, 15) is 9.90 Å². The van der Waals surface area contributed by atoms with Crippen molar-refractivity contribution in [3.8, 4) is 34.1 Å². The molecule has 0 unspecified atom stereocenters. The van der Waals surface area contributed by atoms with Crippen molar-refractivity contribution < 1.29 is 19.2 Å². The van der Waals surface area contributed by atoms with Crippen LogP contribution in [0.5, 0.6) is 11.6 Å². The number of para-hydroxylation sites is 1. The molecule has 0 aliphatic heterocycles. The predicted octanol–water partition coefficient (Wildman–Crippen LogP) is 7.21. The van der Waals surface area contributed by atoms with Crippen molar-refractivity contribution in [2.45, 2.75) is 31.6 Å². The zero-order chi connectivity index (χ0) is 26.1. The number of aliphatic carboxylic acids is 1. The van der Waals surface area contributed by atoms with E-state index in [4.69, 9.17) is 9.26 Å². The molecule has 1 fully saturated rings. The molecule has 0 saturated heterocycles. The summed E-state index contributed by atoms with van der Waals surface area (Å²) in [5, 5.41) is 13.8. The van der Waals surface area contributed by atoms with Crippen molar-refractivity contribution in [1.29, 1.82) is 0 Å². The van der Waals surface area contributed by atoms with Crippen molar-refractivity contribution in [2.75, 3.05) is 0 Å². The summed E-state index contributed by atoms with van der Waals surface area (Å²) >= 11 is 0. The Kier molecular flexibility index (Phi) is 6.00. The van der Waals surface area contributed by atoms with E-state index in [-0.39, 0.29) is 0 Å². The van der Waals surface area contributed by atoms with E-state index < -0.39 is 11.4 Å². The molecule has 0 atom stereocenters. The van der Waals surface area contributed by atoms with Gasteiger partial charge in [0.1, 0.15) is 5.75 Å². The maximum atomic E-state index is 11.6. The number of pyridine rings is 1. The maximum Gasteiger partial charge on any atom is 0.314 e. The second kappa shape index (κ2) is 9.63. The van der Waals surface area contributed by atoms with E-state index >= 15 is 0 Å². The van der Waals surface area contributed by atoms with Crippen molar-refractivity contribution in [3.63, 3.8) is 0 Å². The highest BCUT2D eigenvalue weighted by molar-refractivity contribution is 5.85. The van der Waals surface area contributed by atoms with Crippen LogP contribution in [0.4, 0.5) is 0 Å². The van der Waals surface area contributed by atoms with Crippen molar-refractivity contribution in [1.82, 2.24) is 10.1 Å². The lowest BCUT2D eigenvalue weighted by atomic mass is 9.93. The molecule has 0 spiro atoms. The van der Waals surface area contributed by atoms with Gasteiger partial charge in [-0.1, -0.05) is 78.0 Å². The third-order valence-electron chi connectivity index (χ3n) is 7.17. The van der Waals surface area contributed by atoms with Gasteiger partial charge in [-0.2, -0.15) is 0 Å². The number of carboxylic acid groups (broad SMARTS) is 1. The zero-order valence-corrected chi connectivity index (χ0v) is 20.9. The molecule has 1 saturated carbocycles.